The van der Waals surface area contributed by atoms with Gasteiger partial charge in [0.1, 0.15) is 23.7 Å². The predicted octanol–water partition coefficient (Wildman–Crippen LogP) is 5.49. The van der Waals surface area contributed by atoms with E-state index in [0.717, 1.165) is 52.9 Å². The number of benzene rings is 2. The summed E-state index contributed by atoms with van der Waals surface area (Å²) in [6.45, 7) is 2.76. The highest BCUT2D eigenvalue weighted by molar-refractivity contribution is 5.87. The summed E-state index contributed by atoms with van der Waals surface area (Å²) in [7, 11) is 2.75. The summed E-state index contributed by atoms with van der Waals surface area (Å²) in [4.78, 5) is 74.8. The van der Waals surface area contributed by atoms with Crippen molar-refractivity contribution in [3.63, 3.8) is 0 Å². The molecule has 2 aliphatic rings. The third-order valence-corrected chi connectivity index (χ3v) is 10.9. The zero-order valence-corrected chi connectivity index (χ0v) is 32.6. The molecule has 16 heteroatoms. The molecule has 0 saturated carbocycles. The Morgan fingerprint density at radius 2 is 1.29 bits per heavy atom. The molecule has 2 saturated heterocycles. The Labute approximate surface area is 335 Å². The second-order valence-electron chi connectivity index (χ2n) is 14.5. The number of nitrogens with one attached hydrogen (secondary N) is 4. The number of amides is 4. The van der Waals surface area contributed by atoms with Crippen LogP contribution in [-0.2, 0) is 25.5 Å². The fourth-order valence-electron chi connectivity index (χ4n) is 7.78. The van der Waals surface area contributed by atoms with Gasteiger partial charge in [-0.15, -0.1) is 0 Å². The smallest absolute Gasteiger partial charge is 0.407 e. The van der Waals surface area contributed by atoms with Crippen LogP contribution in [0.15, 0.2) is 85.3 Å². The number of aromatic nitrogens is 5. The number of aromatic amines is 2. The lowest BCUT2D eigenvalue weighted by molar-refractivity contribution is -0.137. The number of ether oxygens (including phenoxy) is 2. The number of rotatable bonds is 13. The molecule has 5 aromatic rings. The molecule has 4 amide bonds. The molecule has 0 spiro atoms. The first-order valence-corrected chi connectivity index (χ1v) is 19.3. The first-order chi connectivity index (χ1) is 28.1. The van der Waals surface area contributed by atoms with Gasteiger partial charge in [-0.2, -0.15) is 0 Å². The number of methoxy groups -OCH3 is 2. The first kappa shape index (κ1) is 39.7. The van der Waals surface area contributed by atoms with Gasteiger partial charge < -0.3 is 45.0 Å². The van der Waals surface area contributed by atoms with Crippen LogP contribution >= 0.6 is 0 Å². The molecule has 302 valence electrons. The molecular formula is C42H47N9O7. The average Bonchev–Trinajstić information content (AvgIpc) is 4.09. The number of imidazole rings is 2. The molecule has 2 aliphatic heterocycles. The summed E-state index contributed by atoms with van der Waals surface area (Å²) in [5, 5.41) is 14.5. The SMILES string of the molecule is COC(=O)N[C@H](C(=O)N1CCCC1c1ncc(-c2ccc(-c3ccc(-c4cnc([C@@H]5CCCN5C(=O)[C@H](Cc5ccccn5)NC(=O)O)[nH]4)cc3)cc2)[nH]1)[C@@H](C)OC. The van der Waals surface area contributed by atoms with Crippen molar-refractivity contribution in [1.82, 2.24) is 45.4 Å². The Hall–Kier alpha value is -6.55. The van der Waals surface area contributed by atoms with E-state index in [1.807, 2.05) is 54.6 Å². The standard InChI is InChI=1S/C42H47N9O7/c1-25(57-2)36(49-42(56)58-3)40(53)51-21-7-10-35(51)38-45-24-33(47-38)29-17-13-27(14-18-29)26-11-15-28(16-12-26)32-23-44-37(46-32)34-9-6-20-50(34)39(52)31(48-41(54)55)22-30-8-4-5-19-43-30/h4-5,8,11-19,23-25,31,34-36,48H,6-7,9-10,20-22H2,1-3H3,(H,44,46)(H,45,47)(H,49,56)(H,54,55)/t25-,31+,34+,35?,36+/m1/s1. The number of pyridine rings is 1. The number of nitrogens with zero attached hydrogens (tertiary/aromatic N) is 5. The van der Waals surface area contributed by atoms with E-state index in [1.165, 1.54) is 14.2 Å². The van der Waals surface area contributed by atoms with Crippen molar-refractivity contribution < 1.29 is 33.8 Å². The van der Waals surface area contributed by atoms with Gasteiger partial charge in [0.15, 0.2) is 0 Å². The Balaban J connectivity index is 0.999. The van der Waals surface area contributed by atoms with Crippen LogP contribution in [0.2, 0.25) is 0 Å². The molecule has 0 aliphatic carbocycles. The van der Waals surface area contributed by atoms with Crippen LogP contribution in [-0.4, -0.2) is 109 Å². The summed E-state index contributed by atoms with van der Waals surface area (Å²) in [5.74, 6) is 0.773. The van der Waals surface area contributed by atoms with E-state index in [9.17, 15) is 24.3 Å². The number of carboxylic acid groups (broad SMARTS) is 1. The summed E-state index contributed by atoms with van der Waals surface area (Å²) in [6, 6.07) is 19.2. The maximum absolute atomic E-state index is 13.7. The van der Waals surface area contributed by atoms with Crippen LogP contribution in [0.1, 0.15) is 62.0 Å². The van der Waals surface area contributed by atoms with Crippen LogP contribution in [0.3, 0.4) is 0 Å². The molecular weight excluding hydrogens is 743 g/mol. The molecule has 3 aromatic heterocycles. The van der Waals surface area contributed by atoms with E-state index in [0.29, 0.717) is 36.9 Å². The van der Waals surface area contributed by atoms with E-state index < -0.39 is 30.4 Å². The van der Waals surface area contributed by atoms with Crippen LogP contribution in [0.4, 0.5) is 9.59 Å². The third-order valence-electron chi connectivity index (χ3n) is 10.9. The number of carbonyl (C=O) groups excluding carboxylic acids is 3. The molecule has 2 aromatic carbocycles. The second kappa shape index (κ2) is 17.7. The van der Waals surface area contributed by atoms with Gasteiger partial charge in [-0.1, -0.05) is 54.6 Å². The number of hydrogen-bond donors (Lipinski definition) is 5. The van der Waals surface area contributed by atoms with Gasteiger partial charge >= 0.3 is 12.2 Å². The lowest BCUT2D eigenvalue weighted by Crippen LogP contribution is -2.54. The molecule has 16 nitrogen and oxygen atoms in total. The predicted molar refractivity (Wildman–Crippen MR) is 213 cm³/mol. The second-order valence-corrected chi connectivity index (χ2v) is 14.5. The minimum Gasteiger partial charge on any atom is -0.465 e. The van der Waals surface area contributed by atoms with E-state index in [-0.39, 0.29) is 30.3 Å². The van der Waals surface area contributed by atoms with Gasteiger partial charge in [-0.25, -0.2) is 19.6 Å². The molecule has 2 fully saturated rings. The molecule has 5 heterocycles. The number of likely N-dealkylation sites (tertiary alicyclic amines) is 2. The number of H-pyrrole nitrogens is 2. The minimum absolute atomic E-state index is 0.149. The van der Waals surface area contributed by atoms with Crippen LogP contribution in [0.5, 0.6) is 0 Å². The van der Waals surface area contributed by atoms with Crippen molar-refractivity contribution in [2.75, 3.05) is 27.3 Å². The topological polar surface area (TPSA) is 208 Å². The molecule has 0 radical (unpaired) electrons. The van der Waals surface area contributed by atoms with E-state index in [4.69, 9.17) is 9.47 Å². The van der Waals surface area contributed by atoms with Gasteiger partial charge in [0.2, 0.25) is 11.8 Å². The normalized spacial score (nSPS) is 18.1. The summed E-state index contributed by atoms with van der Waals surface area (Å²) in [5.41, 5.74) is 6.19. The molecule has 58 heavy (non-hydrogen) atoms. The average molecular weight is 790 g/mol. The van der Waals surface area contributed by atoms with Crippen molar-refractivity contribution in [3.8, 4) is 33.6 Å². The molecule has 7 rings (SSSR count). The van der Waals surface area contributed by atoms with Crippen molar-refractivity contribution >= 4 is 24.0 Å². The van der Waals surface area contributed by atoms with Crippen LogP contribution in [0.25, 0.3) is 33.6 Å². The van der Waals surface area contributed by atoms with Gasteiger partial charge in [0.05, 0.1) is 49.1 Å². The quantitative estimate of drug-likeness (QED) is 0.101. The highest BCUT2D eigenvalue weighted by Crippen LogP contribution is 2.35. The molecule has 5 N–H and O–H groups in total. The van der Waals surface area contributed by atoms with Gasteiger partial charge in [0, 0.05) is 38.5 Å². The maximum Gasteiger partial charge on any atom is 0.407 e. The fraction of sp³-hybridized carbons (Fsp3) is 0.357. The van der Waals surface area contributed by atoms with Gasteiger partial charge in [-0.05, 0) is 67.0 Å². The van der Waals surface area contributed by atoms with Crippen molar-refractivity contribution in [3.05, 3.63) is 103 Å². The number of carbonyl (C=O) groups is 4. The first-order valence-electron chi connectivity index (χ1n) is 19.3. The minimum atomic E-state index is -1.26. The Bertz CT molecular complexity index is 2210. The summed E-state index contributed by atoms with van der Waals surface area (Å²) in [6.07, 6.45) is 5.80. The van der Waals surface area contributed by atoms with E-state index >= 15 is 0 Å². The highest BCUT2D eigenvalue weighted by atomic mass is 16.5. The summed E-state index contributed by atoms with van der Waals surface area (Å²) >= 11 is 0. The zero-order chi connectivity index (χ0) is 40.8. The lowest BCUT2D eigenvalue weighted by atomic mass is 10.0. The Morgan fingerprint density at radius 3 is 1.78 bits per heavy atom. The molecule has 0 bridgehead atoms. The van der Waals surface area contributed by atoms with Crippen molar-refractivity contribution in [1.29, 1.82) is 0 Å². The zero-order valence-electron chi connectivity index (χ0n) is 32.6. The monoisotopic (exact) mass is 789 g/mol. The van der Waals surface area contributed by atoms with E-state index in [1.54, 1.807) is 47.4 Å². The Kier molecular flexibility index (Phi) is 12.1. The third kappa shape index (κ3) is 8.71. The van der Waals surface area contributed by atoms with E-state index in [2.05, 4.69) is 35.6 Å². The molecule has 1 unspecified atom stereocenters. The number of hydrogen-bond acceptors (Lipinski definition) is 9. The molecule has 5 atom stereocenters. The van der Waals surface area contributed by atoms with Gasteiger partial charge in [0.25, 0.3) is 0 Å². The highest BCUT2D eigenvalue weighted by Gasteiger charge is 2.39. The van der Waals surface area contributed by atoms with Gasteiger partial charge in [-0.3, -0.25) is 14.6 Å². The van der Waals surface area contributed by atoms with Crippen LogP contribution in [0, 0.1) is 0 Å². The maximum atomic E-state index is 13.7. The largest absolute Gasteiger partial charge is 0.465 e. The van der Waals surface area contributed by atoms with Crippen molar-refractivity contribution in [2.45, 2.75) is 69.3 Å². The summed E-state index contributed by atoms with van der Waals surface area (Å²) < 4.78 is 10.1. The lowest BCUT2D eigenvalue weighted by Gasteiger charge is -2.30. The fourth-order valence-corrected chi connectivity index (χ4v) is 7.78. The van der Waals surface area contributed by atoms with Crippen LogP contribution < -0.4 is 10.6 Å². The number of alkyl carbamates (subject to hydrolysis) is 1. The Morgan fingerprint density at radius 1 is 0.759 bits per heavy atom. The van der Waals surface area contributed by atoms with Crippen molar-refractivity contribution in [2.24, 2.45) is 0 Å².